The maximum atomic E-state index is 12.5. The molecule has 0 radical (unpaired) electrons. The molecule has 2 heterocycles. The Hall–Kier alpha value is -2.90. The Morgan fingerprint density at radius 3 is 2.57 bits per heavy atom. The molecule has 1 fully saturated rings. The van der Waals surface area contributed by atoms with E-state index >= 15 is 0 Å². The molecule has 0 spiro atoms. The van der Waals surface area contributed by atoms with E-state index < -0.39 is 4.92 Å². The van der Waals surface area contributed by atoms with Gasteiger partial charge in [-0.3, -0.25) is 24.6 Å². The summed E-state index contributed by atoms with van der Waals surface area (Å²) in [6.45, 7) is 2.65. The summed E-state index contributed by atoms with van der Waals surface area (Å²) in [7, 11) is 3.50. The molecule has 0 unspecified atom stereocenters. The molecule has 11 nitrogen and oxygen atoms in total. The number of nitro groups is 1. The van der Waals surface area contributed by atoms with E-state index in [-0.39, 0.29) is 42.1 Å². The van der Waals surface area contributed by atoms with Crippen LogP contribution >= 0.6 is 24.0 Å². The molecule has 1 aliphatic heterocycles. The van der Waals surface area contributed by atoms with Crippen molar-refractivity contribution in [2.24, 2.45) is 12.0 Å². The Labute approximate surface area is 191 Å². The predicted octanol–water partition coefficient (Wildman–Crippen LogP) is 1.28. The number of hydrogen-bond acceptors (Lipinski definition) is 6. The minimum absolute atomic E-state index is 0. The lowest BCUT2D eigenvalue weighted by Gasteiger charge is -2.35. The molecule has 162 valence electrons. The van der Waals surface area contributed by atoms with E-state index in [1.54, 1.807) is 35.0 Å². The standard InChI is InChI=1S/C18H24N8O3.HI/c1-19-18(21-8-7-20-14-3-5-15(6-4-14)26(28)29)24-9-10-25(17(27)13-24)16-11-22-23(2)12-16;/h3-6,11-12,20H,7-10,13H2,1-2H3,(H,19,21);1H. The average molecular weight is 528 g/mol. The predicted molar refractivity (Wildman–Crippen MR) is 125 cm³/mol. The number of nitro benzene ring substituents is 1. The van der Waals surface area contributed by atoms with Gasteiger partial charge in [0.1, 0.15) is 6.54 Å². The number of hydrogen-bond donors (Lipinski definition) is 2. The van der Waals surface area contributed by atoms with Crippen LogP contribution in [0.2, 0.25) is 0 Å². The fourth-order valence-electron chi connectivity index (χ4n) is 3.09. The lowest BCUT2D eigenvalue weighted by molar-refractivity contribution is -0.384. The Morgan fingerprint density at radius 1 is 1.27 bits per heavy atom. The lowest BCUT2D eigenvalue weighted by Crippen LogP contribution is -2.55. The number of piperazine rings is 1. The first kappa shape index (κ1) is 23.4. The molecule has 3 rings (SSSR count). The highest BCUT2D eigenvalue weighted by molar-refractivity contribution is 14.0. The van der Waals surface area contributed by atoms with E-state index in [2.05, 4.69) is 20.7 Å². The van der Waals surface area contributed by atoms with Gasteiger partial charge in [-0.1, -0.05) is 0 Å². The van der Waals surface area contributed by atoms with E-state index in [0.29, 0.717) is 32.1 Å². The van der Waals surface area contributed by atoms with Crippen LogP contribution < -0.4 is 15.5 Å². The van der Waals surface area contributed by atoms with Crippen LogP contribution in [0.3, 0.4) is 0 Å². The first-order chi connectivity index (χ1) is 14.0. The van der Waals surface area contributed by atoms with Crippen molar-refractivity contribution in [2.75, 3.05) is 50.0 Å². The Kier molecular flexibility index (Phi) is 8.38. The van der Waals surface area contributed by atoms with Gasteiger partial charge in [0.2, 0.25) is 5.91 Å². The largest absolute Gasteiger partial charge is 0.383 e. The van der Waals surface area contributed by atoms with Crippen LogP contribution in [-0.2, 0) is 11.8 Å². The summed E-state index contributed by atoms with van der Waals surface area (Å²) in [6.07, 6.45) is 3.51. The second-order valence-corrected chi connectivity index (χ2v) is 6.54. The zero-order chi connectivity index (χ0) is 20.8. The fourth-order valence-corrected chi connectivity index (χ4v) is 3.09. The lowest BCUT2D eigenvalue weighted by atomic mass is 10.3. The third-order valence-electron chi connectivity index (χ3n) is 4.55. The highest BCUT2D eigenvalue weighted by Gasteiger charge is 2.27. The summed E-state index contributed by atoms with van der Waals surface area (Å²) in [5.74, 6) is 0.658. The van der Waals surface area contributed by atoms with Crippen molar-refractivity contribution in [2.45, 2.75) is 0 Å². The van der Waals surface area contributed by atoms with E-state index in [9.17, 15) is 14.9 Å². The number of nitrogens with one attached hydrogen (secondary N) is 2. The quantitative estimate of drug-likeness (QED) is 0.145. The van der Waals surface area contributed by atoms with Gasteiger partial charge in [0.25, 0.3) is 5.69 Å². The number of anilines is 2. The number of rotatable bonds is 6. The molecule has 1 aromatic carbocycles. The fraction of sp³-hybridized carbons (Fsp3) is 0.389. The van der Waals surface area contributed by atoms with Crippen molar-refractivity contribution in [3.05, 3.63) is 46.8 Å². The van der Waals surface area contributed by atoms with Crippen molar-refractivity contribution >= 4 is 52.9 Å². The van der Waals surface area contributed by atoms with E-state index in [1.165, 1.54) is 12.1 Å². The Morgan fingerprint density at radius 2 is 2.00 bits per heavy atom. The summed E-state index contributed by atoms with van der Waals surface area (Å²) >= 11 is 0. The van der Waals surface area contributed by atoms with Gasteiger partial charge in [-0.15, -0.1) is 24.0 Å². The van der Waals surface area contributed by atoms with Gasteiger partial charge in [-0.2, -0.15) is 5.10 Å². The van der Waals surface area contributed by atoms with Crippen LogP contribution in [0.25, 0.3) is 0 Å². The van der Waals surface area contributed by atoms with Gasteiger partial charge in [-0.25, -0.2) is 0 Å². The van der Waals surface area contributed by atoms with Gasteiger partial charge in [0.05, 0.1) is 16.8 Å². The molecule has 2 N–H and O–H groups in total. The zero-order valence-corrected chi connectivity index (χ0v) is 19.1. The number of nitrogens with zero attached hydrogens (tertiary/aromatic N) is 6. The molecule has 1 aliphatic rings. The van der Waals surface area contributed by atoms with Crippen molar-refractivity contribution in [3.8, 4) is 0 Å². The van der Waals surface area contributed by atoms with E-state index in [0.717, 1.165) is 11.4 Å². The number of aromatic nitrogens is 2. The number of aliphatic imine (C=N–C) groups is 1. The van der Waals surface area contributed by atoms with Crippen LogP contribution in [0.15, 0.2) is 41.7 Å². The van der Waals surface area contributed by atoms with Gasteiger partial charge in [-0.05, 0) is 12.1 Å². The highest BCUT2D eigenvalue weighted by atomic mass is 127. The third-order valence-corrected chi connectivity index (χ3v) is 4.55. The maximum Gasteiger partial charge on any atom is 0.269 e. The van der Waals surface area contributed by atoms with Crippen LogP contribution in [-0.4, -0.2) is 71.2 Å². The maximum absolute atomic E-state index is 12.5. The molecule has 0 atom stereocenters. The van der Waals surface area contributed by atoms with Crippen molar-refractivity contribution in [1.29, 1.82) is 0 Å². The molecule has 12 heteroatoms. The van der Waals surface area contributed by atoms with Gasteiger partial charge >= 0.3 is 0 Å². The number of amides is 1. The second-order valence-electron chi connectivity index (χ2n) is 6.54. The van der Waals surface area contributed by atoms with E-state index in [4.69, 9.17) is 0 Å². The summed E-state index contributed by atoms with van der Waals surface area (Å²) < 4.78 is 1.67. The summed E-state index contributed by atoms with van der Waals surface area (Å²) in [5.41, 5.74) is 1.66. The second kappa shape index (κ2) is 10.8. The smallest absolute Gasteiger partial charge is 0.269 e. The minimum Gasteiger partial charge on any atom is -0.383 e. The van der Waals surface area contributed by atoms with Gasteiger partial charge < -0.3 is 20.4 Å². The topological polar surface area (TPSA) is 121 Å². The Balaban J connectivity index is 0.00000320. The normalized spacial score (nSPS) is 14.3. The van der Waals surface area contributed by atoms with Crippen molar-refractivity contribution in [3.63, 3.8) is 0 Å². The number of carbonyl (C=O) groups excluding carboxylic acids is 1. The van der Waals surface area contributed by atoms with Crippen LogP contribution in [0.4, 0.5) is 17.1 Å². The molecule has 2 aromatic rings. The Bertz CT molecular complexity index is 899. The number of guanidine groups is 1. The zero-order valence-electron chi connectivity index (χ0n) is 16.8. The number of halogens is 1. The molecule has 0 saturated carbocycles. The molecule has 30 heavy (non-hydrogen) atoms. The number of benzene rings is 1. The first-order valence-electron chi connectivity index (χ1n) is 9.21. The van der Waals surface area contributed by atoms with Crippen molar-refractivity contribution in [1.82, 2.24) is 20.0 Å². The van der Waals surface area contributed by atoms with E-state index in [1.807, 2.05) is 18.1 Å². The molecule has 1 amide bonds. The van der Waals surface area contributed by atoms with Gasteiger partial charge in [0.15, 0.2) is 5.96 Å². The SMILES string of the molecule is CN=C(NCCNc1ccc([N+](=O)[O-])cc1)N1CCN(c2cnn(C)c2)C(=O)C1.I. The average Bonchev–Trinajstić information content (AvgIpc) is 3.14. The molecule has 1 saturated heterocycles. The number of aryl methyl sites for hydroxylation is 1. The number of non-ortho nitro benzene ring substituents is 1. The monoisotopic (exact) mass is 528 g/mol. The minimum atomic E-state index is -0.426. The van der Waals surface area contributed by atoms with Crippen LogP contribution in [0.1, 0.15) is 0 Å². The highest BCUT2D eigenvalue weighted by Crippen LogP contribution is 2.16. The van der Waals surface area contributed by atoms with Crippen LogP contribution in [0.5, 0.6) is 0 Å². The van der Waals surface area contributed by atoms with Gasteiger partial charge in [0, 0.05) is 64.3 Å². The molecular weight excluding hydrogens is 503 g/mol. The summed E-state index contributed by atoms with van der Waals surface area (Å²) in [6, 6.07) is 6.26. The molecule has 0 bridgehead atoms. The molecule has 0 aliphatic carbocycles. The molecule has 1 aromatic heterocycles. The number of carbonyl (C=O) groups is 1. The summed E-state index contributed by atoms with van der Waals surface area (Å²) in [5, 5.41) is 21.2. The first-order valence-corrected chi connectivity index (χ1v) is 9.21. The third kappa shape index (κ3) is 5.81. The van der Waals surface area contributed by atoms with Crippen LogP contribution in [0, 0.1) is 10.1 Å². The summed E-state index contributed by atoms with van der Waals surface area (Å²) in [4.78, 5) is 30.7. The van der Waals surface area contributed by atoms with Crippen molar-refractivity contribution < 1.29 is 9.72 Å². The molecular formula is C18H25IN8O3.